The van der Waals surface area contributed by atoms with Gasteiger partial charge in [-0.2, -0.15) is 0 Å². The normalized spacial score (nSPS) is 24.6. The van der Waals surface area contributed by atoms with Crippen LogP contribution in [0.1, 0.15) is 58.8 Å². The molecule has 1 spiro atoms. The predicted octanol–water partition coefficient (Wildman–Crippen LogP) is 2.23. The molecule has 2 fully saturated rings. The molecule has 1 atom stereocenters. The molecule has 1 saturated carbocycles. The van der Waals surface area contributed by atoms with E-state index in [-0.39, 0.29) is 11.5 Å². The van der Waals surface area contributed by atoms with E-state index in [2.05, 4.69) is 24.5 Å². The SMILES string of the molecule is CC(C)CNC(=O)CCNCC1CCC2(CCCC2)O1. The molecule has 1 amide bonds. The fraction of sp³-hybridized carbons (Fsp3) is 0.938. The minimum atomic E-state index is 0.144. The van der Waals surface area contributed by atoms with Crippen LogP contribution in [0, 0.1) is 5.92 Å². The maximum atomic E-state index is 11.6. The van der Waals surface area contributed by atoms with E-state index in [9.17, 15) is 4.79 Å². The highest BCUT2D eigenvalue weighted by Crippen LogP contribution is 2.43. The summed E-state index contributed by atoms with van der Waals surface area (Å²) >= 11 is 0. The van der Waals surface area contributed by atoms with Crippen molar-refractivity contribution in [1.82, 2.24) is 10.6 Å². The Bertz CT molecular complexity index is 312. The molecular weight excluding hydrogens is 252 g/mol. The number of ether oxygens (including phenoxy) is 1. The maximum absolute atomic E-state index is 11.6. The lowest BCUT2D eigenvalue weighted by Gasteiger charge is -2.23. The van der Waals surface area contributed by atoms with Gasteiger partial charge < -0.3 is 15.4 Å². The monoisotopic (exact) mass is 282 g/mol. The third kappa shape index (κ3) is 4.74. The van der Waals surface area contributed by atoms with Gasteiger partial charge >= 0.3 is 0 Å². The second kappa shape index (κ2) is 7.41. The van der Waals surface area contributed by atoms with Gasteiger partial charge in [0.05, 0.1) is 11.7 Å². The minimum Gasteiger partial charge on any atom is -0.370 e. The molecule has 0 aromatic rings. The number of hydrogen-bond acceptors (Lipinski definition) is 3. The van der Waals surface area contributed by atoms with Crippen molar-refractivity contribution in [1.29, 1.82) is 0 Å². The molecule has 2 rings (SSSR count). The Balaban J connectivity index is 1.52. The number of amides is 1. The third-order valence-electron chi connectivity index (χ3n) is 4.46. The fourth-order valence-electron chi connectivity index (χ4n) is 3.30. The van der Waals surface area contributed by atoms with Gasteiger partial charge in [0.25, 0.3) is 0 Å². The summed E-state index contributed by atoms with van der Waals surface area (Å²) in [5.41, 5.74) is 0.223. The number of hydrogen-bond donors (Lipinski definition) is 2. The van der Waals surface area contributed by atoms with Crippen LogP contribution in [0.5, 0.6) is 0 Å². The Hall–Kier alpha value is -0.610. The van der Waals surface area contributed by atoms with Crippen LogP contribution in [-0.2, 0) is 9.53 Å². The van der Waals surface area contributed by atoms with Crippen LogP contribution in [0.4, 0.5) is 0 Å². The molecule has 4 heteroatoms. The molecule has 20 heavy (non-hydrogen) atoms. The van der Waals surface area contributed by atoms with Gasteiger partial charge in [0.2, 0.25) is 5.91 Å². The van der Waals surface area contributed by atoms with E-state index in [0.717, 1.165) is 19.6 Å². The van der Waals surface area contributed by atoms with Crippen LogP contribution < -0.4 is 10.6 Å². The van der Waals surface area contributed by atoms with Gasteiger partial charge in [-0.3, -0.25) is 4.79 Å². The van der Waals surface area contributed by atoms with Crippen LogP contribution in [0.25, 0.3) is 0 Å². The minimum absolute atomic E-state index is 0.144. The van der Waals surface area contributed by atoms with Gasteiger partial charge in [0.1, 0.15) is 0 Å². The van der Waals surface area contributed by atoms with Gasteiger partial charge in [0.15, 0.2) is 0 Å². The highest BCUT2D eigenvalue weighted by atomic mass is 16.5. The van der Waals surface area contributed by atoms with Crippen molar-refractivity contribution >= 4 is 5.91 Å². The first kappa shape index (κ1) is 15.8. The van der Waals surface area contributed by atoms with E-state index in [0.29, 0.717) is 18.4 Å². The molecule has 2 N–H and O–H groups in total. The van der Waals surface area contributed by atoms with Crippen molar-refractivity contribution in [2.24, 2.45) is 5.92 Å². The zero-order valence-electron chi connectivity index (χ0n) is 13.0. The van der Waals surface area contributed by atoms with E-state index in [1.807, 2.05) is 0 Å². The quantitative estimate of drug-likeness (QED) is 0.704. The van der Waals surface area contributed by atoms with Crippen molar-refractivity contribution in [3.63, 3.8) is 0 Å². The summed E-state index contributed by atoms with van der Waals surface area (Å²) < 4.78 is 6.23. The summed E-state index contributed by atoms with van der Waals surface area (Å²) in [6.45, 7) is 6.62. The average Bonchev–Trinajstić information content (AvgIpc) is 3.03. The lowest BCUT2D eigenvalue weighted by Crippen LogP contribution is -2.34. The summed E-state index contributed by atoms with van der Waals surface area (Å²) in [6.07, 6.45) is 8.48. The number of carbonyl (C=O) groups excluding carboxylic acids is 1. The Morgan fingerprint density at radius 3 is 2.75 bits per heavy atom. The summed E-state index contributed by atoms with van der Waals surface area (Å²) in [7, 11) is 0. The Labute approximate surface area is 123 Å². The first-order valence-electron chi connectivity index (χ1n) is 8.25. The molecule has 0 bridgehead atoms. The van der Waals surface area contributed by atoms with Gasteiger partial charge in [-0.1, -0.05) is 26.7 Å². The van der Waals surface area contributed by atoms with Crippen molar-refractivity contribution < 1.29 is 9.53 Å². The van der Waals surface area contributed by atoms with Crippen molar-refractivity contribution in [2.75, 3.05) is 19.6 Å². The lowest BCUT2D eigenvalue weighted by molar-refractivity contribution is -0.121. The zero-order valence-corrected chi connectivity index (χ0v) is 13.0. The van der Waals surface area contributed by atoms with Gasteiger partial charge in [-0.05, 0) is 31.6 Å². The molecule has 1 aliphatic carbocycles. The summed E-state index contributed by atoms with van der Waals surface area (Å²) in [6, 6.07) is 0. The van der Waals surface area contributed by atoms with Gasteiger partial charge in [0, 0.05) is 26.1 Å². The largest absolute Gasteiger partial charge is 0.370 e. The molecule has 4 nitrogen and oxygen atoms in total. The third-order valence-corrected chi connectivity index (χ3v) is 4.46. The second-order valence-corrected chi connectivity index (χ2v) is 6.82. The summed E-state index contributed by atoms with van der Waals surface area (Å²) in [5.74, 6) is 0.659. The molecule has 1 aliphatic heterocycles. The van der Waals surface area contributed by atoms with Crippen molar-refractivity contribution in [3.05, 3.63) is 0 Å². The Morgan fingerprint density at radius 1 is 1.30 bits per heavy atom. The number of rotatable bonds is 7. The summed E-state index contributed by atoms with van der Waals surface area (Å²) in [5, 5.41) is 6.31. The molecule has 0 aromatic heterocycles. The molecule has 1 unspecified atom stereocenters. The molecule has 0 aromatic carbocycles. The molecule has 116 valence electrons. The second-order valence-electron chi connectivity index (χ2n) is 6.82. The van der Waals surface area contributed by atoms with Gasteiger partial charge in [-0.25, -0.2) is 0 Å². The highest BCUT2D eigenvalue weighted by Gasteiger charge is 2.41. The van der Waals surface area contributed by atoms with Gasteiger partial charge in [-0.15, -0.1) is 0 Å². The maximum Gasteiger partial charge on any atom is 0.221 e. The van der Waals surface area contributed by atoms with Crippen molar-refractivity contribution in [3.8, 4) is 0 Å². The smallest absolute Gasteiger partial charge is 0.221 e. The van der Waals surface area contributed by atoms with Crippen LogP contribution in [0.15, 0.2) is 0 Å². The van der Waals surface area contributed by atoms with E-state index in [1.165, 1.54) is 38.5 Å². The Morgan fingerprint density at radius 2 is 2.05 bits per heavy atom. The number of nitrogens with one attached hydrogen (secondary N) is 2. The van der Waals surface area contributed by atoms with Crippen LogP contribution in [0.2, 0.25) is 0 Å². The molecular formula is C16H30N2O2. The molecule has 0 radical (unpaired) electrons. The number of carbonyl (C=O) groups is 1. The average molecular weight is 282 g/mol. The first-order chi connectivity index (χ1) is 9.60. The first-order valence-corrected chi connectivity index (χ1v) is 8.25. The van der Waals surface area contributed by atoms with E-state index >= 15 is 0 Å². The highest BCUT2D eigenvalue weighted by molar-refractivity contribution is 5.76. The fourth-order valence-corrected chi connectivity index (χ4v) is 3.30. The van der Waals surface area contributed by atoms with E-state index in [1.54, 1.807) is 0 Å². The Kier molecular flexibility index (Phi) is 5.85. The van der Waals surface area contributed by atoms with Crippen molar-refractivity contribution in [2.45, 2.75) is 70.5 Å². The van der Waals surface area contributed by atoms with Crippen LogP contribution in [-0.4, -0.2) is 37.2 Å². The standard InChI is InChI=1S/C16H30N2O2/c1-13(2)11-18-15(19)6-10-17-12-14-5-9-16(20-14)7-3-4-8-16/h13-14,17H,3-12H2,1-2H3,(H,18,19). The predicted molar refractivity (Wildman–Crippen MR) is 80.6 cm³/mol. The van der Waals surface area contributed by atoms with Crippen LogP contribution in [0.3, 0.4) is 0 Å². The molecule has 1 heterocycles. The molecule has 2 aliphatic rings. The van der Waals surface area contributed by atoms with E-state index < -0.39 is 0 Å². The zero-order chi connectivity index (χ0) is 14.4. The van der Waals surface area contributed by atoms with E-state index in [4.69, 9.17) is 4.74 Å². The molecule has 1 saturated heterocycles. The summed E-state index contributed by atoms with van der Waals surface area (Å²) in [4.78, 5) is 11.6. The topological polar surface area (TPSA) is 50.4 Å². The van der Waals surface area contributed by atoms with Crippen LogP contribution >= 0.6 is 0 Å². The lowest BCUT2D eigenvalue weighted by atomic mass is 9.98.